The van der Waals surface area contributed by atoms with E-state index in [1.54, 1.807) is 6.20 Å². The first-order chi connectivity index (χ1) is 9.24. The molecule has 3 heterocycles. The second-order valence-corrected chi connectivity index (χ2v) is 5.65. The normalized spacial score (nSPS) is 25.9. The summed E-state index contributed by atoms with van der Waals surface area (Å²) >= 11 is 0. The van der Waals surface area contributed by atoms with Gasteiger partial charge in [-0.1, -0.05) is 0 Å². The van der Waals surface area contributed by atoms with Crippen molar-refractivity contribution in [2.45, 2.75) is 31.3 Å². The number of carbonyl (C=O) groups excluding carboxylic acids is 1. The molecule has 1 amide bonds. The summed E-state index contributed by atoms with van der Waals surface area (Å²) in [5.74, 6) is 0.126. The smallest absolute Gasteiger partial charge is 0.270 e. The second-order valence-electron chi connectivity index (χ2n) is 5.65. The van der Waals surface area contributed by atoms with Crippen LogP contribution in [0.15, 0.2) is 18.3 Å². The molecule has 1 atom stereocenters. The van der Waals surface area contributed by atoms with E-state index in [-0.39, 0.29) is 5.91 Å². The van der Waals surface area contributed by atoms with Gasteiger partial charge in [-0.3, -0.25) is 9.69 Å². The van der Waals surface area contributed by atoms with Crippen LogP contribution >= 0.6 is 0 Å². The molecule has 0 radical (unpaired) electrons. The maximum absolute atomic E-state index is 12.2. The predicted molar refractivity (Wildman–Crippen MR) is 73.9 cm³/mol. The molecule has 3 rings (SSSR count). The molecule has 0 spiro atoms. The fourth-order valence-corrected chi connectivity index (χ4v) is 3.14. The zero-order valence-corrected chi connectivity index (χ0v) is 11.2. The number of H-pyrrole nitrogens is 1. The lowest BCUT2D eigenvalue weighted by molar-refractivity contribution is 0.0764. The lowest BCUT2D eigenvalue weighted by Crippen LogP contribution is -2.46. The number of nitrogens with one attached hydrogen (secondary N) is 1. The summed E-state index contributed by atoms with van der Waals surface area (Å²) in [6, 6.07) is 4.60. The third-order valence-corrected chi connectivity index (χ3v) is 4.37. The Morgan fingerprint density at radius 1 is 1.26 bits per heavy atom. The fourth-order valence-electron chi connectivity index (χ4n) is 3.14. The van der Waals surface area contributed by atoms with Crippen LogP contribution in [0.4, 0.5) is 0 Å². The molecule has 2 saturated heterocycles. The van der Waals surface area contributed by atoms with Crippen molar-refractivity contribution in [3.8, 4) is 0 Å². The van der Waals surface area contributed by atoms with E-state index in [4.69, 9.17) is 5.73 Å². The van der Waals surface area contributed by atoms with Gasteiger partial charge in [-0.25, -0.2) is 0 Å². The minimum absolute atomic E-state index is 0.126. The maximum Gasteiger partial charge on any atom is 0.270 e. The SMILES string of the molecule is NC1CCN(C2CCN(C(=O)c3ccc[nH]3)C2)CC1. The van der Waals surface area contributed by atoms with Gasteiger partial charge in [0.2, 0.25) is 0 Å². The molecule has 5 heteroatoms. The number of piperidine rings is 1. The van der Waals surface area contributed by atoms with Crippen molar-refractivity contribution >= 4 is 5.91 Å². The first kappa shape index (κ1) is 12.7. The van der Waals surface area contributed by atoms with E-state index in [1.807, 2.05) is 17.0 Å². The van der Waals surface area contributed by atoms with Gasteiger partial charge in [0.15, 0.2) is 0 Å². The van der Waals surface area contributed by atoms with Gasteiger partial charge in [0.25, 0.3) is 5.91 Å². The van der Waals surface area contributed by atoms with Gasteiger partial charge in [0.05, 0.1) is 0 Å². The number of amides is 1. The van der Waals surface area contributed by atoms with Gasteiger partial charge in [-0.15, -0.1) is 0 Å². The number of carbonyl (C=O) groups is 1. The Kier molecular flexibility index (Phi) is 3.57. The monoisotopic (exact) mass is 262 g/mol. The number of nitrogens with zero attached hydrogens (tertiary/aromatic N) is 2. The van der Waals surface area contributed by atoms with Crippen LogP contribution in [0.3, 0.4) is 0 Å². The lowest BCUT2D eigenvalue weighted by Gasteiger charge is -2.34. The molecule has 2 aliphatic rings. The van der Waals surface area contributed by atoms with E-state index in [0.29, 0.717) is 17.8 Å². The number of nitrogens with two attached hydrogens (primary N) is 1. The molecule has 2 aliphatic heterocycles. The molecular formula is C14H22N4O. The third-order valence-electron chi connectivity index (χ3n) is 4.37. The Hall–Kier alpha value is -1.33. The van der Waals surface area contributed by atoms with E-state index in [0.717, 1.165) is 45.4 Å². The summed E-state index contributed by atoms with van der Waals surface area (Å²) < 4.78 is 0. The highest BCUT2D eigenvalue weighted by Gasteiger charge is 2.32. The number of aromatic amines is 1. The summed E-state index contributed by atoms with van der Waals surface area (Å²) in [5.41, 5.74) is 6.64. The molecule has 0 saturated carbocycles. The highest BCUT2D eigenvalue weighted by Crippen LogP contribution is 2.21. The average Bonchev–Trinajstić information content (AvgIpc) is 3.10. The predicted octanol–water partition coefficient (Wildman–Crippen LogP) is 0.652. The Labute approximate surface area is 113 Å². The second kappa shape index (κ2) is 5.35. The van der Waals surface area contributed by atoms with Gasteiger partial charge < -0.3 is 15.6 Å². The first-order valence-electron chi connectivity index (χ1n) is 7.16. The minimum atomic E-state index is 0.126. The molecule has 0 aromatic carbocycles. The number of likely N-dealkylation sites (tertiary alicyclic amines) is 2. The van der Waals surface area contributed by atoms with Crippen molar-refractivity contribution < 1.29 is 4.79 Å². The van der Waals surface area contributed by atoms with Crippen LogP contribution in [0.2, 0.25) is 0 Å². The molecule has 1 unspecified atom stereocenters. The molecule has 5 nitrogen and oxygen atoms in total. The van der Waals surface area contributed by atoms with Crippen LogP contribution in [0.1, 0.15) is 29.8 Å². The number of aromatic nitrogens is 1. The lowest BCUT2D eigenvalue weighted by atomic mass is 10.0. The van der Waals surface area contributed by atoms with Crippen molar-refractivity contribution in [2.24, 2.45) is 5.73 Å². The molecule has 2 fully saturated rings. The summed E-state index contributed by atoms with van der Waals surface area (Å²) in [6.07, 6.45) is 5.05. The highest BCUT2D eigenvalue weighted by molar-refractivity contribution is 5.92. The largest absolute Gasteiger partial charge is 0.357 e. The van der Waals surface area contributed by atoms with E-state index in [9.17, 15) is 4.79 Å². The van der Waals surface area contributed by atoms with Crippen LogP contribution in [0.25, 0.3) is 0 Å². The summed E-state index contributed by atoms with van der Waals surface area (Å²) in [6.45, 7) is 3.88. The van der Waals surface area contributed by atoms with Crippen molar-refractivity contribution in [1.82, 2.24) is 14.8 Å². The molecule has 104 valence electrons. The van der Waals surface area contributed by atoms with Gasteiger partial charge in [-0.2, -0.15) is 0 Å². The van der Waals surface area contributed by atoms with E-state index >= 15 is 0 Å². The zero-order valence-electron chi connectivity index (χ0n) is 11.2. The topological polar surface area (TPSA) is 65.4 Å². The number of hydrogen-bond acceptors (Lipinski definition) is 3. The number of rotatable bonds is 2. The summed E-state index contributed by atoms with van der Waals surface area (Å²) in [5, 5.41) is 0. The standard InChI is InChI=1S/C14H22N4O/c15-11-3-7-17(8-4-11)12-5-9-18(10-12)14(19)13-2-1-6-16-13/h1-2,6,11-12,16H,3-5,7-10,15H2. The Morgan fingerprint density at radius 3 is 2.74 bits per heavy atom. The van der Waals surface area contributed by atoms with E-state index in [2.05, 4.69) is 9.88 Å². The molecule has 1 aromatic heterocycles. The van der Waals surface area contributed by atoms with E-state index < -0.39 is 0 Å². The minimum Gasteiger partial charge on any atom is -0.357 e. The molecule has 0 bridgehead atoms. The highest BCUT2D eigenvalue weighted by atomic mass is 16.2. The molecule has 1 aromatic rings. The van der Waals surface area contributed by atoms with Crippen LogP contribution in [0.5, 0.6) is 0 Å². The Bertz CT molecular complexity index is 423. The van der Waals surface area contributed by atoms with Crippen molar-refractivity contribution in [3.05, 3.63) is 24.0 Å². The molecule has 0 aliphatic carbocycles. The number of hydrogen-bond donors (Lipinski definition) is 2. The van der Waals surface area contributed by atoms with Crippen molar-refractivity contribution in [2.75, 3.05) is 26.2 Å². The summed E-state index contributed by atoms with van der Waals surface area (Å²) in [7, 11) is 0. The van der Waals surface area contributed by atoms with Crippen molar-refractivity contribution in [1.29, 1.82) is 0 Å². The van der Waals surface area contributed by atoms with E-state index in [1.165, 1.54) is 0 Å². The summed E-state index contributed by atoms with van der Waals surface area (Å²) in [4.78, 5) is 19.7. The first-order valence-corrected chi connectivity index (χ1v) is 7.16. The fraction of sp³-hybridized carbons (Fsp3) is 0.643. The van der Waals surface area contributed by atoms with Crippen LogP contribution in [0, 0.1) is 0 Å². The molecule has 19 heavy (non-hydrogen) atoms. The molecular weight excluding hydrogens is 240 g/mol. The molecule has 3 N–H and O–H groups in total. The third kappa shape index (κ3) is 2.67. The van der Waals surface area contributed by atoms with Gasteiger partial charge >= 0.3 is 0 Å². The van der Waals surface area contributed by atoms with Gasteiger partial charge in [0, 0.05) is 31.4 Å². The Balaban J connectivity index is 1.57. The van der Waals surface area contributed by atoms with Crippen molar-refractivity contribution in [3.63, 3.8) is 0 Å². The van der Waals surface area contributed by atoms with Gasteiger partial charge in [-0.05, 0) is 44.5 Å². The zero-order chi connectivity index (χ0) is 13.2. The maximum atomic E-state index is 12.2. The average molecular weight is 262 g/mol. The van der Waals surface area contributed by atoms with Crippen LogP contribution in [-0.2, 0) is 0 Å². The van der Waals surface area contributed by atoms with Crippen LogP contribution in [-0.4, -0.2) is 59.0 Å². The Morgan fingerprint density at radius 2 is 2.05 bits per heavy atom. The van der Waals surface area contributed by atoms with Gasteiger partial charge in [0.1, 0.15) is 5.69 Å². The quantitative estimate of drug-likeness (QED) is 0.822. The van der Waals surface area contributed by atoms with Crippen LogP contribution < -0.4 is 5.73 Å².